The minimum atomic E-state index is -1.04. The fourth-order valence-corrected chi connectivity index (χ4v) is 1.06. The molecule has 0 aliphatic carbocycles. The molecule has 6 heteroatoms. The van der Waals surface area contributed by atoms with Crippen LogP contribution in [-0.4, -0.2) is 25.9 Å². The highest BCUT2D eigenvalue weighted by atomic mass is 16.4. The van der Waals surface area contributed by atoms with Crippen molar-refractivity contribution < 1.29 is 9.90 Å². The monoisotopic (exact) mass is 178 g/mol. The molecule has 0 aliphatic heterocycles. The van der Waals surface area contributed by atoms with Crippen molar-refractivity contribution in [3.05, 3.63) is 24.0 Å². The number of hydrogen-bond donors (Lipinski definition) is 2. The van der Waals surface area contributed by atoms with Crippen molar-refractivity contribution in [2.75, 3.05) is 5.73 Å². The third-order valence-corrected chi connectivity index (χ3v) is 1.64. The Balaban J connectivity index is 2.79. The van der Waals surface area contributed by atoms with Gasteiger partial charge in [-0.25, -0.2) is 4.79 Å². The van der Waals surface area contributed by atoms with Gasteiger partial charge in [0.1, 0.15) is 11.1 Å². The van der Waals surface area contributed by atoms with E-state index in [0.717, 1.165) is 0 Å². The maximum atomic E-state index is 10.7. The predicted molar refractivity (Wildman–Crippen MR) is 44.4 cm³/mol. The molecule has 13 heavy (non-hydrogen) atoms. The van der Waals surface area contributed by atoms with Gasteiger partial charge >= 0.3 is 5.97 Å². The summed E-state index contributed by atoms with van der Waals surface area (Å²) in [6, 6.07) is 1.52. The second-order valence-electron chi connectivity index (χ2n) is 2.53. The maximum absolute atomic E-state index is 10.7. The zero-order chi connectivity index (χ0) is 9.42. The SMILES string of the molecule is Nc1cnn2ncc(C(=O)O)c2c1. The number of nitrogen functional groups attached to an aromatic ring is 1. The molecule has 0 aliphatic rings. The Morgan fingerprint density at radius 1 is 1.46 bits per heavy atom. The summed E-state index contributed by atoms with van der Waals surface area (Å²) in [4.78, 5) is 10.7. The number of anilines is 1. The average molecular weight is 178 g/mol. The summed E-state index contributed by atoms with van der Waals surface area (Å²) in [6.07, 6.45) is 2.65. The summed E-state index contributed by atoms with van der Waals surface area (Å²) in [6.45, 7) is 0. The van der Waals surface area contributed by atoms with Crippen molar-refractivity contribution in [1.29, 1.82) is 0 Å². The molecule has 0 fully saturated rings. The molecule has 0 radical (unpaired) electrons. The van der Waals surface area contributed by atoms with Crippen molar-refractivity contribution in [1.82, 2.24) is 14.8 Å². The lowest BCUT2D eigenvalue weighted by molar-refractivity contribution is 0.0699. The van der Waals surface area contributed by atoms with Crippen molar-refractivity contribution in [2.24, 2.45) is 0 Å². The molecule has 0 amide bonds. The van der Waals surface area contributed by atoms with Crippen LogP contribution in [-0.2, 0) is 0 Å². The zero-order valence-electron chi connectivity index (χ0n) is 6.51. The Hall–Kier alpha value is -2.11. The van der Waals surface area contributed by atoms with Crippen LogP contribution in [0, 0.1) is 0 Å². The number of fused-ring (bicyclic) bond motifs is 1. The van der Waals surface area contributed by atoms with E-state index in [-0.39, 0.29) is 5.56 Å². The number of carboxylic acid groups (broad SMARTS) is 1. The number of aromatic carboxylic acids is 1. The van der Waals surface area contributed by atoms with Gasteiger partial charge in [-0.3, -0.25) is 0 Å². The van der Waals surface area contributed by atoms with E-state index < -0.39 is 5.97 Å². The molecule has 0 saturated heterocycles. The summed E-state index contributed by atoms with van der Waals surface area (Å²) in [7, 11) is 0. The van der Waals surface area contributed by atoms with Crippen LogP contribution in [0.4, 0.5) is 5.69 Å². The van der Waals surface area contributed by atoms with Gasteiger partial charge in [0.25, 0.3) is 0 Å². The number of aromatic nitrogens is 3. The van der Waals surface area contributed by atoms with E-state index in [9.17, 15) is 4.79 Å². The molecule has 0 unspecified atom stereocenters. The smallest absolute Gasteiger partial charge is 0.339 e. The molecule has 3 N–H and O–H groups in total. The number of rotatable bonds is 1. The number of nitrogens with two attached hydrogens (primary N) is 1. The number of nitrogens with zero attached hydrogens (tertiary/aromatic N) is 3. The zero-order valence-corrected chi connectivity index (χ0v) is 6.51. The van der Waals surface area contributed by atoms with Crippen molar-refractivity contribution in [3.8, 4) is 0 Å². The van der Waals surface area contributed by atoms with Crippen molar-refractivity contribution in [3.63, 3.8) is 0 Å². The molecule has 2 heterocycles. The van der Waals surface area contributed by atoms with Crippen LogP contribution in [0.5, 0.6) is 0 Å². The first-order valence-corrected chi connectivity index (χ1v) is 3.51. The molecule has 2 rings (SSSR count). The molecule has 0 aromatic carbocycles. The van der Waals surface area contributed by atoms with E-state index >= 15 is 0 Å². The van der Waals surface area contributed by atoms with Gasteiger partial charge in [-0.2, -0.15) is 14.8 Å². The molecule has 2 aromatic rings. The molecule has 6 nitrogen and oxygen atoms in total. The lowest BCUT2D eigenvalue weighted by atomic mass is 10.3. The maximum Gasteiger partial charge on any atom is 0.339 e. The predicted octanol–water partition coefficient (Wildman–Crippen LogP) is 0.00970. The minimum absolute atomic E-state index is 0.0970. The van der Waals surface area contributed by atoms with Crippen LogP contribution in [0.2, 0.25) is 0 Å². The first kappa shape index (κ1) is 7.53. The van der Waals surface area contributed by atoms with Gasteiger partial charge in [0.15, 0.2) is 0 Å². The lowest BCUT2D eigenvalue weighted by Crippen LogP contribution is -1.99. The number of carboxylic acids is 1. The van der Waals surface area contributed by atoms with Crippen LogP contribution < -0.4 is 5.73 Å². The molecule has 2 aromatic heterocycles. The van der Waals surface area contributed by atoms with Gasteiger partial charge in [-0.15, -0.1) is 0 Å². The van der Waals surface area contributed by atoms with Gasteiger partial charge in [0.2, 0.25) is 0 Å². The molecule has 0 saturated carbocycles. The van der Waals surface area contributed by atoms with Crippen LogP contribution in [0.1, 0.15) is 10.4 Å². The fraction of sp³-hybridized carbons (Fsp3) is 0. The van der Waals surface area contributed by atoms with E-state index in [4.69, 9.17) is 10.8 Å². The Labute approximate surface area is 72.6 Å². The van der Waals surface area contributed by atoms with Gasteiger partial charge in [0, 0.05) is 0 Å². The van der Waals surface area contributed by atoms with Crippen LogP contribution in [0.25, 0.3) is 5.52 Å². The first-order valence-electron chi connectivity index (χ1n) is 3.51. The third kappa shape index (κ3) is 1.08. The van der Waals surface area contributed by atoms with Gasteiger partial charge < -0.3 is 10.8 Å². The standard InChI is InChI=1S/C7H6N4O2/c8-4-1-6-5(7(12)13)3-10-11(6)9-2-4/h1-3H,8H2,(H,12,13). The quantitative estimate of drug-likeness (QED) is 0.641. The molecule has 0 spiro atoms. The van der Waals surface area contributed by atoms with Crippen molar-refractivity contribution >= 4 is 17.2 Å². The Bertz CT molecular complexity index is 476. The summed E-state index contributed by atoms with van der Waals surface area (Å²) >= 11 is 0. The fourth-order valence-electron chi connectivity index (χ4n) is 1.06. The highest BCUT2D eigenvalue weighted by molar-refractivity contribution is 5.95. The minimum Gasteiger partial charge on any atom is -0.478 e. The van der Waals surface area contributed by atoms with Gasteiger partial charge in [-0.1, -0.05) is 0 Å². The number of carbonyl (C=O) groups is 1. The third-order valence-electron chi connectivity index (χ3n) is 1.64. The average Bonchev–Trinajstić information content (AvgIpc) is 2.46. The van der Waals surface area contributed by atoms with E-state index in [1.165, 1.54) is 23.1 Å². The van der Waals surface area contributed by atoms with Gasteiger partial charge in [0.05, 0.1) is 18.1 Å². The number of hydrogen-bond acceptors (Lipinski definition) is 4. The largest absolute Gasteiger partial charge is 0.478 e. The lowest BCUT2D eigenvalue weighted by Gasteiger charge is -1.94. The summed E-state index contributed by atoms with van der Waals surface area (Å²) < 4.78 is 1.22. The van der Waals surface area contributed by atoms with E-state index in [2.05, 4.69) is 10.2 Å². The van der Waals surface area contributed by atoms with E-state index in [1.807, 2.05) is 0 Å². The van der Waals surface area contributed by atoms with Crippen LogP contribution in [0.15, 0.2) is 18.5 Å². The molecular weight excluding hydrogens is 172 g/mol. The Kier molecular flexibility index (Phi) is 1.42. The van der Waals surface area contributed by atoms with Crippen LogP contribution >= 0.6 is 0 Å². The highest BCUT2D eigenvalue weighted by Gasteiger charge is 2.11. The van der Waals surface area contributed by atoms with E-state index in [0.29, 0.717) is 11.2 Å². The second-order valence-corrected chi connectivity index (χ2v) is 2.53. The highest BCUT2D eigenvalue weighted by Crippen LogP contribution is 2.11. The Morgan fingerprint density at radius 3 is 2.85 bits per heavy atom. The first-order chi connectivity index (χ1) is 6.18. The van der Waals surface area contributed by atoms with E-state index in [1.54, 1.807) is 0 Å². The van der Waals surface area contributed by atoms with Gasteiger partial charge in [-0.05, 0) is 6.07 Å². The Morgan fingerprint density at radius 2 is 2.15 bits per heavy atom. The summed E-state index contributed by atoms with van der Waals surface area (Å²) in [5, 5.41) is 16.3. The molecule has 0 bridgehead atoms. The topological polar surface area (TPSA) is 93.5 Å². The van der Waals surface area contributed by atoms with Crippen LogP contribution in [0.3, 0.4) is 0 Å². The summed E-state index contributed by atoms with van der Waals surface area (Å²) in [5.74, 6) is -1.04. The molecule has 0 atom stereocenters. The van der Waals surface area contributed by atoms with Crippen molar-refractivity contribution in [2.45, 2.75) is 0 Å². The molecular formula is C7H6N4O2. The molecule has 66 valence electrons. The second kappa shape index (κ2) is 2.44. The normalized spacial score (nSPS) is 10.5. The summed E-state index contributed by atoms with van der Waals surface area (Å²) in [5.41, 5.74) is 6.36.